The van der Waals surface area contributed by atoms with Gasteiger partial charge in [-0.05, 0) is 0 Å². The number of nitrogens with two attached hydrogens (primary N) is 2. The highest BCUT2D eigenvalue weighted by Gasteiger charge is 2.36. The van der Waals surface area contributed by atoms with Gasteiger partial charge in [-0.2, -0.15) is 9.97 Å². The average Bonchev–Trinajstić information content (AvgIpc) is 2.93. The van der Waals surface area contributed by atoms with Gasteiger partial charge >= 0.3 is 0 Å². The van der Waals surface area contributed by atoms with Crippen molar-refractivity contribution in [3.05, 3.63) is 0 Å². The highest BCUT2D eigenvalue weighted by Crippen LogP contribution is 2.36. The molecule has 0 amide bonds. The lowest BCUT2D eigenvalue weighted by Gasteiger charge is -2.22. The third-order valence-electron chi connectivity index (χ3n) is 2.86. The van der Waals surface area contributed by atoms with Gasteiger partial charge in [-0.25, -0.2) is 0 Å². The van der Waals surface area contributed by atoms with E-state index in [4.69, 9.17) is 26.0 Å². The van der Waals surface area contributed by atoms with Gasteiger partial charge in [0.25, 0.3) is 0 Å². The van der Waals surface area contributed by atoms with Gasteiger partial charge in [0.15, 0.2) is 24.2 Å². The average molecular weight is 254 g/mol. The summed E-state index contributed by atoms with van der Waals surface area (Å²) in [5, 5.41) is 12.0. The van der Waals surface area contributed by atoms with Crippen LogP contribution in [0.5, 0.6) is 0 Å². The Hall–Kier alpha value is -1.84. The molecule has 0 bridgehead atoms. The fourth-order valence-electron chi connectivity index (χ4n) is 2.04. The first-order valence-corrected chi connectivity index (χ1v) is 5.50. The van der Waals surface area contributed by atoms with E-state index in [9.17, 15) is 0 Å². The molecular formula is C9H14N6O3. The van der Waals surface area contributed by atoms with Crippen molar-refractivity contribution in [1.82, 2.24) is 9.97 Å². The Morgan fingerprint density at radius 3 is 3.00 bits per heavy atom. The van der Waals surface area contributed by atoms with Crippen molar-refractivity contribution in [2.45, 2.75) is 12.5 Å². The van der Waals surface area contributed by atoms with Crippen LogP contribution in [0.2, 0.25) is 0 Å². The highest BCUT2D eigenvalue weighted by molar-refractivity contribution is 5.81. The van der Waals surface area contributed by atoms with Crippen LogP contribution in [-0.2, 0) is 9.47 Å². The number of fused-ring (bicyclic) bond motifs is 1. The number of nitrogen functional groups attached to an aromatic ring is 2. The Labute approximate surface area is 103 Å². The lowest BCUT2D eigenvalue weighted by molar-refractivity contribution is -0.0874. The molecule has 2 atom stereocenters. The topological polar surface area (TPSA) is 132 Å². The van der Waals surface area contributed by atoms with Crippen LogP contribution >= 0.6 is 0 Å². The summed E-state index contributed by atoms with van der Waals surface area (Å²) in [7, 11) is 0. The number of ether oxygens (including phenoxy) is 2. The molecule has 1 fully saturated rings. The third kappa shape index (κ3) is 1.68. The Kier molecular flexibility index (Phi) is 2.58. The third-order valence-corrected chi connectivity index (χ3v) is 2.86. The van der Waals surface area contributed by atoms with E-state index < -0.39 is 6.29 Å². The van der Waals surface area contributed by atoms with Crippen molar-refractivity contribution in [2.24, 2.45) is 0 Å². The van der Waals surface area contributed by atoms with Crippen molar-refractivity contribution in [1.29, 1.82) is 0 Å². The maximum absolute atomic E-state index is 8.96. The monoisotopic (exact) mass is 254 g/mol. The number of hydrogen-bond donors (Lipinski definition) is 4. The minimum atomic E-state index is -0.601. The number of hydrogen-bond acceptors (Lipinski definition) is 9. The summed E-state index contributed by atoms with van der Waals surface area (Å²) in [4.78, 5) is 9.86. The van der Waals surface area contributed by atoms with Crippen LogP contribution in [-0.4, -0.2) is 47.5 Å². The highest BCUT2D eigenvalue weighted by atomic mass is 16.7. The molecule has 0 aliphatic carbocycles. The summed E-state index contributed by atoms with van der Waals surface area (Å²) in [5.74, 6) is 1.00. The quantitative estimate of drug-likeness (QED) is 0.498. The zero-order valence-electron chi connectivity index (χ0n) is 9.54. The van der Waals surface area contributed by atoms with E-state index in [0.29, 0.717) is 30.6 Å². The van der Waals surface area contributed by atoms with E-state index in [1.807, 2.05) is 4.90 Å². The summed E-state index contributed by atoms with van der Waals surface area (Å²) < 4.78 is 10.8. The lowest BCUT2D eigenvalue weighted by Crippen LogP contribution is -2.37. The molecule has 9 nitrogen and oxygen atoms in total. The first-order valence-electron chi connectivity index (χ1n) is 5.50. The molecule has 1 aromatic rings. The van der Waals surface area contributed by atoms with Crippen LogP contribution in [0.4, 0.5) is 23.3 Å². The molecular weight excluding hydrogens is 240 g/mol. The van der Waals surface area contributed by atoms with Gasteiger partial charge in [-0.3, -0.25) is 0 Å². The summed E-state index contributed by atoms with van der Waals surface area (Å²) in [6.07, 6.45) is -0.930. The van der Waals surface area contributed by atoms with Gasteiger partial charge in [0.2, 0.25) is 5.95 Å². The van der Waals surface area contributed by atoms with Crippen LogP contribution in [0.1, 0.15) is 0 Å². The number of rotatable bonds is 2. The van der Waals surface area contributed by atoms with Crippen molar-refractivity contribution < 1.29 is 14.6 Å². The predicted molar refractivity (Wildman–Crippen MR) is 63.5 cm³/mol. The molecule has 1 aromatic heterocycles. The molecule has 1 saturated heterocycles. The molecule has 3 rings (SSSR count). The van der Waals surface area contributed by atoms with Crippen LogP contribution in [0.15, 0.2) is 0 Å². The molecule has 9 heteroatoms. The van der Waals surface area contributed by atoms with Crippen LogP contribution in [0.25, 0.3) is 0 Å². The van der Waals surface area contributed by atoms with E-state index in [1.165, 1.54) is 0 Å². The first kappa shape index (κ1) is 11.3. The summed E-state index contributed by atoms with van der Waals surface area (Å²) in [5.41, 5.74) is 12.0. The van der Waals surface area contributed by atoms with E-state index in [-0.39, 0.29) is 18.8 Å². The number of aliphatic hydroxyl groups excluding tert-OH is 1. The van der Waals surface area contributed by atoms with Gasteiger partial charge in [-0.1, -0.05) is 0 Å². The first-order chi connectivity index (χ1) is 8.69. The molecule has 1 unspecified atom stereocenters. The number of aromatic nitrogens is 2. The van der Waals surface area contributed by atoms with Crippen molar-refractivity contribution >= 4 is 23.3 Å². The second kappa shape index (κ2) is 4.12. The molecule has 0 saturated carbocycles. The summed E-state index contributed by atoms with van der Waals surface area (Å²) in [6, 6.07) is 0. The van der Waals surface area contributed by atoms with E-state index in [1.54, 1.807) is 0 Å². The molecule has 98 valence electrons. The smallest absolute Gasteiger partial charge is 0.224 e. The Morgan fingerprint density at radius 2 is 2.28 bits per heavy atom. The molecule has 3 heterocycles. The van der Waals surface area contributed by atoms with Gasteiger partial charge in [0.1, 0.15) is 5.69 Å². The van der Waals surface area contributed by atoms with E-state index in [0.717, 1.165) is 0 Å². The lowest BCUT2D eigenvalue weighted by atomic mass is 10.4. The molecule has 0 radical (unpaired) electrons. The fraction of sp³-hybridized carbons (Fsp3) is 0.556. The Morgan fingerprint density at radius 1 is 1.44 bits per heavy atom. The Bertz CT molecular complexity index is 470. The normalized spacial score (nSPS) is 26.2. The maximum atomic E-state index is 8.96. The largest absolute Gasteiger partial charge is 0.391 e. The van der Waals surface area contributed by atoms with Crippen LogP contribution < -0.4 is 21.7 Å². The van der Waals surface area contributed by atoms with Gasteiger partial charge in [0, 0.05) is 0 Å². The molecule has 18 heavy (non-hydrogen) atoms. The van der Waals surface area contributed by atoms with Crippen molar-refractivity contribution in [2.75, 3.05) is 41.6 Å². The number of aliphatic hydroxyl groups is 1. The second-order valence-corrected chi connectivity index (χ2v) is 4.01. The molecule has 0 spiro atoms. The summed E-state index contributed by atoms with van der Waals surface area (Å²) in [6.45, 7) is 0.638. The van der Waals surface area contributed by atoms with Crippen LogP contribution in [0, 0.1) is 0 Å². The minimum absolute atomic E-state index is 0.109. The second-order valence-electron chi connectivity index (χ2n) is 4.01. The zero-order valence-corrected chi connectivity index (χ0v) is 9.54. The molecule has 2 aliphatic heterocycles. The molecule has 0 aromatic carbocycles. The summed E-state index contributed by atoms with van der Waals surface area (Å²) >= 11 is 0. The van der Waals surface area contributed by atoms with Gasteiger partial charge in [-0.15, -0.1) is 0 Å². The predicted octanol–water partition coefficient (Wildman–Crippen LogP) is -1.48. The van der Waals surface area contributed by atoms with E-state index >= 15 is 0 Å². The van der Waals surface area contributed by atoms with Gasteiger partial charge in [0.05, 0.1) is 19.9 Å². The van der Waals surface area contributed by atoms with Crippen molar-refractivity contribution in [3.63, 3.8) is 0 Å². The zero-order chi connectivity index (χ0) is 12.7. The maximum Gasteiger partial charge on any atom is 0.224 e. The Balaban J connectivity index is 1.86. The molecule has 2 aliphatic rings. The van der Waals surface area contributed by atoms with Crippen LogP contribution in [0.3, 0.4) is 0 Å². The fourth-order valence-corrected chi connectivity index (χ4v) is 2.04. The number of anilines is 4. The number of nitrogens with zero attached hydrogens (tertiary/aromatic N) is 3. The number of nitrogens with one attached hydrogen (secondary N) is 1. The van der Waals surface area contributed by atoms with Crippen molar-refractivity contribution in [3.8, 4) is 0 Å². The SMILES string of the molecule is Nc1nc(N)c2c(n1)N(C1CO[C@@H](CO)O1)CN2. The van der Waals surface area contributed by atoms with Gasteiger partial charge < -0.3 is 36.3 Å². The van der Waals surface area contributed by atoms with E-state index in [2.05, 4.69) is 15.3 Å². The minimum Gasteiger partial charge on any atom is -0.391 e. The molecule has 6 N–H and O–H groups in total. The standard InChI is InChI=1S/C9H14N6O3/c10-7-6-8(14-9(11)13-7)15(3-12-6)4-2-17-5(1-16)18-4/h4-5,12,16H,1-3H2,(H4,10,11,13,14)/t4?,5-/m1/s1.